The maximum atomic E-state index is 10.9. The first-order valence-electron chi connectivity index (χ1n) is 5.11. The average Bonchev–Trinajstić information content (AvgIpc) is 2.17. The molecule has 4 nitrogen and oxygen atoms in total. The van der Waals surface area contributed by atoms with Gasteiger partial charge < -0.3 is 14.8 Å². The van der Waals surface area contributed by atoms with Gasteiger partial charge in [0.1, 0.15) is 0 Å². The van der Waals surface area contributed by atoms with E-state index >= 15 is 0 Å². The van der Waals surface area contributed by atoms with Crippen molar-refractivity contribution < 1.29 is 14.3 Å². The first-order chi connectivity index (χ1) is 7.02. The van der Waals surface area contributed by atoms with Crippen molar-refractivity contribution in [3.8, 4) is 0 Å². The molecule has 1 N–H and O–H groups in total. The molecule has 0 radical (unpaired) electrons. The van der Waals surface area contributed by atoms with Crippen LogP contribution in [0.1, 0.15) is 20.8 Å². The van der Waals surface area contributed by atoms with E-state index in [-0.39, 0.29) is 11.6 Å². The van der Waals surface area contributed by atoms with Gasteiger partial charge in [-0.3, -0.25) is 0 Å². The number of hydrogen-bond acceptors (Lipinski definition) is 4. The Morgan fingerprint density at radius 3 is 2.67 bits per heavy atom. The van der Waals surface area contributed by atoms with Crippen LogP contribution in [0.15, 0.2) is 12.2 Å². The summed E-state index contributed by atoms with van der Waals surface area (Å²) >= 11 is 0. The Morgan fingerprint density at radius 2 is 2.13 bits per heavy atom. The summed E-state index contributed by atoms with van der Waals surface area (Å²) in [6.07, 6.45) is 3.17. The Hall–Kier alpha value is -0.870. The number of hydrogen-bond donors (Lipinski definition) is 1. The molecule has 0 bridgehead atoms. The molecule has 0 heterocycles. The molecule has 0 atom stereocenters. The van der Waals surface area contributed by atoms with Gasteiger partial charge in [-0.15, -0.1) is 0 Å². The Bertz CT molecular complexity index is 212. The highest BCUT2D eigenvalue weighted by Crippen LogP contribution is 2.03. The molecule has 0 aromatic rings. The van der Waals surface area contributed by atoms with Crippen LogP contribution in [-0.4, -0.2) is 38.4 Å². The van der Waals surface area contributed by atoms with E-state index in [2.05, 4.69) is 5.32 Å². The summed E-state index contributed by atoms with van der Waals surface area (Å²) in [6, 6.07) is 0. The molecule has 0 rings (SSSR count). The normalized spacial score (nSPS) is 12.0. The summed E-state index contributed by atoms with van der Waals surface area (Å²) in [7, 11) is 1.68. The molecule has 0 fully saturated rings. The SMILES string of the molecule is CCOC(=O)/C=C/CNCC(C)(C)OC. The van der Waals surface area contributed by atoms with Crippen LogP contribution in [0.5, 0.6) is 0 Å². The van der Waals surface area contributed by atoms with Crippen molar-refractivity contribution in [3.63, 3.8) is 0 Å². The maximum Gasteiger partial charge on any atom is 0.330 e. The molecule has 0 aliphatic heterocycles. The largest absolute Gasteiger partial charge is 0.463 e. The Kier molecular flexibility index (Phi) is 6.99. The Morgan fingerprint density at radius 1 is 1.47 bits per heavy atom. The third-order valence-electron chi connectivity index (χ3n) is 1.91. The highest BCUT2D eigenvalue weighted by Gasteiger charge is 2.14. The van der Waals surface area contributed by atoms with Gasteiger partial charge in [-0.1, -0.05) is 6.08 Å². The molecule has 0 saturated carbocycles. The van der Waals surface area contributed by atoms with Gasteiger partial charge in [-0.05, 0) is 20.8 Å². The lowest BCUT2D eigenvalue weighted by molar-refractivity contribution is -0.137. The van der Waals surface area contributed by atoms with Crippen LogP contribution < -0.4 is 5.32 Å². The van der Waals surface area contributed by atoms with E-state index < -0.39 is 0 Å². The number of carbonyl (C=O) groups excluding carboxylic acids is 1. The highest BCUT2D eigenvalue weighted by molar-refractivity contribution is 5.81. The monoisotopic (exact) mass is 215 g/mol. The zero-order valence-electron chi connectivity index (χ0n) is 10.0. The molecule has 0 aromatic heterocycles. The van der Waals surface area contributed by atoms with Crippen LogP contribution in [0.3, 0.4) is 0 Å². The lowest BCUT2D eigenvalue weighted by atomic mass is 10.1. The second-order valence-electron chi connectivity index (χ2n) is 3.75. The van der Waals surface area contributed by atoms with Crippen molar-refractivity contribution in [2.24, 2.45) is 0 Å². The molecule has 0 amide bonds. The standard InChI is InChI=1S/C11H21NO3/c1-5-15-10(13)7-6-8-12-9-11(2,3)14-4/h6-7,12H,5,8-9H2,1-4H3/b7-6+. The van der Waals surface area contributed by atoms with E-state index in [4.69, 9.17) is 9.47 Å². The molecule has 0 aliphatic carbocycles. The van der Waals surface area contributed by atoms with Crippen LogP contribution in [0.25, 0.3) is 0 Å². The van der Waals surface area contributed by atoms with Crippen molar-refractivity contribution in [2.45, 2.75) is 26.4 Å². The lowest BCUT2D eigenvalue weighted by Crippen LogP contribution is -2.36. The van der Waals surface area contributed by atoms with Gasteiger partial charge in [0.25, 0.3) is 0 Å². The van der Waals surface area contributed by atoms with Crippen molar-refractivity contribution in [1.29, 1.82) is 0 Å². The number of carbonyl (C=O) groups is 1. The molecule has 15 heavy (non-hydrogen) atoms. The minimum atomic E-state index is -0.301. The number of nitrogens with one attached hydrogen (secondary N) is 1. The zero-order valence-corrected chi connectivity index (χ0v) is 10.0. The molecule has 4 heteroatoms. The van der Waals surface area contributed by atoms with E-state index in [1.807, 2.05) is 13.8 Å². The second kappa shape index (κ2) is 7.43. The summed E-state index contributed by atoms with van der Waals surface area (Å²) in [5.41, 5.74) is -0.183. The molecule has 0 spiro atoms. The van der Waals surface area contributed by atoms with Crippen LogP contribution in [0, 0.1) is 0 Å². The molecule has 0 unspecified atom stereocenters. The summed E-state index contributed by atoms with van der Waals surface area (Å²) in [5, 5.41) is 3.15. The highest BCUT2D eigenvalue weighted by atomic mass is 16.5. The van der Waals surface area contributed by atoms with E-state index in [0.717, 1.165) is 6.54 Å². The smallest absolute Gasteiger partial charge is 0.330 e. The van der Waals surface area contributed by atoms with Gasteiger partial charge in [-0.2, -0.15) is 0 Å². The van der Waals surface area contributed by atoms with Crippen molar-refractivity contribution in [2.75, 3.05) is 26.8 Å². The van der Waals surface area contributed by atoms with Crippen molar-refractivity contribution >= 4 is 5.97 Å². The van der Waals surface area contributed by atoms with Gasteiger partial charge >= 0.3 is 5.97 Å². The molecular weight excluding hydrogens is 194 g/mol. The quantitative estimate of drug-likeness (QED) is 0.393. The second-order valence-corrected chi connectivity index (χ2v) is 3.75. The fraction of sp³-hybridized carbons (Fsp3) is 0.727. The third-order valence-corrected chi connectivity index (χ3v) is 1.91. The van der Waals surface area contributed by atoms with Gasteiger partial charge in [0.05, 0.1) is 12.2 Å². The summed E-state index contributed by atoms with van der Waals surface area (Å²) in [5.74, 6) is -0.301. The van der Waals surface area contributed by atoms with Gasteiger partial charge in [0, 0.05) is 26.3 Å². The van der Waals surface area contributed by atoms with E-state index in [0.29, 0.717) is 13.2 Å². The minimum absolute atomic E-state index is 0.183. The minimum Gasteiger partial charge on any atom is -0.463 e. The fourth-order valence-electron chi connectivity index (χ4n) is 0.874. The van der Waals surface area contributed by atoms with Gasteiger partial charge in [-0.25, -0.2) is 4.79 Å². The Labute approximate surface area is 91.6 Å². The molecule has 88 valence electrons. The lowest BCUT2D eigenvalue weighted by Gasteiger charge is -2.22. The zero-order chi connectivity index (χ0) is 11.7. The summed E-state index contributed by atoms with van der Waals surface area (Å²) < 4.78 is 9.96. The van der Waals surface area contributed by atoms with E-state index in [1.54, 1.807) is 20.1 Å². The Balaban J connectivity index is 3.58. The predicted octanol–water partition coefficient (Wildman–Crippen LogP) is 1.12. The summed E-state index contributed by atoms with van der Waals surface area (Å²) in [6.45, 7) is 7.55. The first-order valence-corrected chi connectivity index (χ1v) is 5.11. The predicted molar refractivity (Wildman–Crippen MR) is 59.7 cm³/mol. The van der Waals surface area contributed by atoms with Crippen molar-refractivity contribution in [3.05, 3.63) is 12.2 Å². The maximum absolute atomic E-state index is 10.9. The van der Waals surface area contributed by atoms with Crippen LogP contribution in [0.4, 0.5) is 0 Å². The first kappa shape index (κ1) is 14.1. The van der Waals surface area contributed by atoms with Crippen molar-refractivity contribution in [1.82, 2.24) is 5.32 Å². The van der Waals surface area contributed by atoms with Gasteiger partial charge in [0.2, 0.25) is 0 Å². The molecule has 0 aromatic carbocycles. The molecule has 0 saturated heterocycles. The molecular formula is C11H21NO3. The fourth-order valence-corrected chi connectivity index (χ4v) is 0.874. The van der Waals surface area contributed by atoms with Crippen LogP contribution in [0.2, 0.25) is 0 Å². The van der Waals surface area contributed by atoms with Crippen LogP contribution >= 0.6 is 0 Å². The topological polar surface area (TPSA) is 47.6 Å². The number of methoxy groups -OCH3 is 1. The average molecular weight is 215 g/mol. The molecule has 0 aliphatic rings. The van der Waals surface area contributed by atoms with E-state index in [9.17, 15) is 4.79 Å². The number of rotatable bonds is 7. The number of esters is 1. The number of ether oxygens (including phenoxy) is 2. The van der Waals surface area contributed by atoms with Crippen LogP contribution in [-0.2, 0) is 14.3 Å². The van der Waals surface area contributed by atoms with E-state index in [1.165, 1.54) is 6.08 Å². The van der Waals surface area contributed by atoms with Gasteiger partial charge in [0.15, 0.2) is 0 Å². The third kappa shape index (κ3) is 8.15. The summed E-state index contributed by atoms with van der Waals surface area (Å²) in [4.78, 5) is 10.9.